The fraction of sp³-hybridized carbons (Fsp3) is 0.182. The minimum atomic E-state index is 0.338. The van der Waals surface area contributed by atoms with E-state index in [4.69, 9.17) is 14.9 Å². The summed E-state index contributed by atoms with van der Waals surface area (Å²) in [6.07, 6.45) is 0. The maximum atomic E-state index is 7.77. The van der Waals surface area contributed by atoms with Crippen LogP contribution >= 0.6 is 0 Å². The van der Waals surface area contributed by atoms with Crippen molar-refractivity contribution in [1.29, 1.82) is 5.41 Å². The minimum Gasteiger partial charge on any atom is -0.497 e. The van der Waals surface area contributed by atoms with Crippen molar-refractivity contribution in [3.05, 3.63) is 41.7 Å². The van der Waals surface area contributed by atoms with Gasteiger partial charge in [-0.05, 0) is 17.7 Å². The maximum absolute atomic E-state index is 7.77. The number of methoxy groups -OCH3 is 1. The molecule has 1 N–H and O–H groups in total. The summed E-state index contributed by atoms with van der Waals surface area (Å²) in [4.78, 5) is 0. The fourth-order valence-corrected chi connectivity index (χ4v) is 1.43. The Kier molecular flexibility index (Phi) is 2.00. The molecule has 1 aromatic carbocycles. The van der Waals surface area contributed by atoms with Gasteiger partial charge >= 0.3 is 0 Å². The van der Waals surface area contributed by atoms with Crippen LogP contribution in [0.25, 0.3) is 0 Å². The average Bonchev–Trinajstić information content (AvgIpc) is 2.23. The summed E-state index contributed by atoms with van der Waals surface area (Å²) in [5.74, 6) is 1.17. The molecule has 3 heteroatoms. The Morgan fingerprint density at radius 1 is 1.50 bits per heavy atom. The van der Waals surface area contributed by atoms with Crippen LogP contribution < -0.4 is 4.74 Å². The van der Waals surface area contributed by atoms with Crippen molar-refractivity contribution in [2.24, 2.45) is 0 Å². The van der Waals surface area contributed by atoms with Crippen molar-refractivity contribution in [2.75, 3.05) is 7.11 Å². The molecule has 2 rings (SSSR count). The number of hydrogen-bond donors (Lipinski definition) is 1. The average molecular weight is 189 g/mol. The second-order valence-electron chi connectivity index (χ2n) is 3.11. The number of fused-ring (bicyclic) bond motifs is 1. The lowest BCUT2D eigenvalue weighted by molar-refractivity contribution is 0.213. The van der Waals surface area contributed by atoms with Gasteiger partial charge in [-0.25, -0.2) is 0 Å². The van der Waals surface area contributed by atoms with Gasteiger partial charge in [0.2, 0.25) is 0 Å². The third-order valence-corrected chi connectivity index (χ3v) is 2.27. The molecule has 1 aromatic rings. The van der Waals surface area contributed by atoms with Crippen LogP contribution in [0, 0.1) is 5.41 Å². The van der Waals surface area contributed by atoms with E-state index in [1.165, 1.54) is 0 Å². The Morgan fingerprint density at radius 3 is 3.00 bits per heavy atom. The van der Waals surface area contributed by atoms with Crippen LogP contribution in [0.2, 0.25) is 0 Å². The van der Waals surface area contributed by atoms with Gasteiger partial charge in [0, 0.05) is 5.56 Å². The number of benzene rings is 1. The van der Waals surface area contributed by atoms with E-state index in [0.29, 0.717) is 18.1 Å². The molecular formula is C11H11NO2. The van der Waals surface area contributed by atoms with Crippen LogP contribution in [0.1, 0.15) is 11.1 Å². The molecule has 0 radical (unpaired) electrons. The van der Waals surface area contributed by atoms with Gasteiger partial charge in [0.25, 0.3) is 0 Å². The molecule has 0 fully saturated rings. The molecule has 0 amide bonds. The van der Waals surface area contributed by atoms with Gasteiger partial charge in [-0.3, -0.25) is 5.41 Å². The van der Waals surface area contributed by atoms with Crippen LogP contribution in [0.5, 0.6) is 5.75 Å². The zero-order valence-electron chi connectivity index (χ0n) is 7.96. The monoisotopic (exact) mass is 189 g/mol. The Morgan fingerprint density at radius 2 is 2.29 bits per heavy atom. The Hall–Kier alpha value is -1.77. The highest BCUT2D eigenvalue weighted by Gasteiger charge is 2.18. The first-order chi connectivity index (χ1) is 6.72. The number of hydrogen-bond acceptors (Lipinski definition) is 3. The van der Waals surface area contributed by atoms with Gasteiger partial charge in [-0.15, -0.1) is 0 Å². The third-order valence-electron chi connectivity index (χ3n) is 2.27. The van der Waals surface area contributed by atoms with E-state index in [-0.39, 0.29) is 0 Å². The van der Waals surface area contributed by atoms with E-state index in [1.54, 1.807) is 7.11 Å². The molecule has 1 aliphatic heterocycles. The van der Waals surface area contributed by atoms with E-state index in [0.717, 1.165) is 16.9 Å². The molecule has 0 saturated heterocycles. The Balaban J connectivity index is 2.51. The van der Waals surface area contributed by atoms with E-state index in [1.807, 2.05) is 18.2 Å². The molecule has 72 valence electrons. The van der Waals surface area contributed by atoms with Crippen molar-refractivity contribution in [3.63, 3.8) is 0 Å². The second-order valence-corrected chi connectivity index (χ2v) is 3.11. The highest BCUT2D eigenvalue weighted by molar-refractivity contribution is 6.10. The second kappa shape index (κ2) is 3.18. The summed E-state index contributed by atoms with van der Waals surface area (Å²) in [6, 6.07) is 5.62. The summed E-state index contributed by atoms with van der Waals surface area (Å²) in [5.41, 5.74) is 2.19. The number of allylic oxidation sites excluding steroid dienone is 1. The first-order valence-electron chi connectivity index (χ1n) is 4.30. The molecule has 0 spiro atoms. The number of ether oxygens (including phenoxy) is 2. The lowest BCUT2D eigenvalue weighted by atomic mass is 10.00. The van der Waals surface area contributed by atoms with Gasteiger partial charge in [0.1, 0.15) is 23.8 Å². The summed E-state index contributed by atoms with van der Waals surface area (Å²) in [5, 5.41) is 7.77. The summed E-state index contributed by atoms with van der Waals surface area (Å²) < 4.78 is 10.3. The standard InChI is InChI=1S/C11H11NO2/c1-7-11(12)10-5-9(13-2)4-3-8(10)6-14-7/h3-5,12H,1,6H2,2H3. The lowest BCUT2D eigenvalue weighted by Crippen LogP contribution is -2.15. The van der Waals surface area contributed by atoms with E-state index < -0.39 is 0 Å². The zero-order chi connectivity index (χ0) is 10.1. The Bertz CT molecular complexity index is 410. The van der Waals surface area contributed by atoms with Crippen molar-refractivity contribution in [1.82, 2.24) is 0 Å². The zero-order valence-corrected chi connectivity index (χ0v) is 7.96. The fourth-order valence-electron chi connectivity index (χ4n) is 1.43. The summed E-state index contributed by atoms with van der Waals surface area (Å²) in [7, 11) is 1.61. The van der Waals surface area contributed by atoms with Crippen molar-refractivity contribution >= 4 is 5.71 Å². The van der Waals surface area contributed by atoms with Crippen LogP contribution in [-0.4, -0.2) is 12.8 Å². The van der Waals surface area contributed by atoms with Crippen LogP contribution in [0.4, 0.5) is 0 Å². The third kappa shape index (κ3) is 1.27. The van der Waals surface area contributed by atoms with Gasteiger partial charge < -0.3 is 9.47 Å². The number of rotatable bonds is 1. The molecule has 0 aromatic heterocycles. The molecule has 1 aliphatic rings. The smallest absolute Gasteiger partial charge is 0.138 e. The van der Waals surface area contributed by atoms with Gasteiger partial charge in [-0.2, -0.15) is 0 Å². The van der Waals surface area contributed by atoms with E-state index in [9.17, 15) is 0 Å². The predicted octanol–water partition coefficient (Wildman–Crippen LogP) is 2.11. The van der Waals surface area contributed by atoms with E-state index in [2.05, 4.69) is 6.58 Å². The van der Waals surface area contributed by atoms with Gasteiger partial charge in [-0.1, -0.05) is 12.6 Å². The van der Waals surface area contributed by atoms with E-state index >= 15 is 0 Å². The molecule has 14 heavy (non-hydrogen) atoms. The number of nitrogens with one attached hydrogen (secondary N) is 1. The lowest BCUT2D eigenvalue weighted by Gasteiger charge is -2.20. The van der Waals surface area contributed by atoms with Crippen molar-refractivity contribution in [2.45, 2.75) is 6.61 Å². The predicted molar refractivity (Wildman–Crippen MR) is 53.8 cm³/mol. The van der Waals surface area contributed by atoms with Crippen molar-refractivity contribution in [3.8, 4) is 5.75 Å². The molecule has 0 saturated carbocycles. The van der Waals surface area contributed by atoms with Crippen LogP contribution in [-0.2, 0) is 11.3 Å². The van der Waals surface area contributed by atoms with Crippen LogP contribution in [0.3, 0.4) is 0 Å². The minimum absolute atomic E-state index is 0.338. The maximum Gasteiger partial charge on any atom is 0.138 e. The highest BCUT2D eigenvalue weighted by Crippen LogP contribution is 2.25. The molecule has 0 aliphatic carbocycles. The summed E-state index contributed by atoms with van der Waals surface area (Å²) >= 11 is 0. The SMILES string of the molecule is C=C1OCc2ccc(OC)cc2C1=N. The molecule has 1 heterocycles. The molecule has 0 unspecified atom stereocenters. The topological polar surface area (TPSA) is 42.3 Å². The largest absolute Gasteiger partial charge is 0.497 e. The van der Waals surface area contributed by atoms with Gasteiger partial charge in [0.15, 0.2) is 0 Å². The molecular weight excluding hydrogens is 178 g/mol. The molecule has 0 bridgehead atoms. The molecule has 3 nitrogen and oxygen atoms in total. The summed E-state index contributed by atoms with van der Waals surface area (Å²) in [6.45, 7) is 4.15. The van der Waals surface area contributed by atoms with Crippen molar-refractivity contribution < 1.29 is 9.47 Å². The van der Waals surface area contributed by atoms with Crippen LogP contribution in [0.15, 0.2) is 30.5 Å². The first kappa shape index (κ1) is 8.81. The first-order valence-corrected chi connectivity index (χ1v) is 4.30. The Labute approximate surface area is 82.5 Å². The molecule has 0 atom stereocenters. The highest BCUT2D eigenvalue weighted by atomic mass is 16.5. The quantitative estimate of drug-likeness (QED) is 0.735. The van der Waals surface area contributed by atoms with Gasteiger partial charge in [0.05, 0.1) is 7.11 Å². The normalized spacial score (nSPS) is 14.6.